The van der Waals surface area contributed by atoms with E-state index >= 15 is 0 Å². The number of carbonyl (C=O) groups is 1. The second kappa shape index (κ2) is 7.81. The minimum absolute atomic E-state index is 0.145. The number of methoxy groups -OCH3 is 1. The van der Waals surface area contributed by atoms with Crippen molar-refractivity contribution in [3.63, 3.8) is 0 Å². The molecular weight excluding hydrogens is 300 g/mol. The van der Waals surface area contributed by atoms with Crippen LogP contribution in [0, 0.1) is 0 Å². The van der Waals surface area contributed by atoms with Crippen molar-refractivity contribution in [2.45, 2.75) is 58.5 Å². The molecule has 1 aromatic rings. The van der Waals surface area contributed by atoms with Gasteiger partial charge in [-0.15, -0.1) is 0 Å². The predicted molar refractivity (Wildman–Crippen MR) is 87.8 cm³/mol. The van der Waals surface area contributed by atoms with Crippen molar-refractivity contribution in [2.75, 3.05) is 20.2 Å². The summed E-state index contributed by atoms with van der Waals surface area (Å²) in [5, 5.41) is 0. The second-order valence-electron chi connectivity index (χ2n) is 5.98. The van der Waals surface area contributed by atoms with Crippen LogP contribution in [-0.2, 0) is 11.2 Å². The van der Waals surface area contributed by atoms with Crippen LogP contribution in [-0.4, -0.2) is 41.7 Å². The van der Waals surface area contributed by atoms with Crippen LogP contribution in [0.25, 0.3) is 0 Å². The zero-order valence-electron chi connectivity index (χ0n) is 13.9. The highest BCUT2D eigenvalue weighted by Gasteiger charge is 2.28. The monoisotopic (exact) mass is 326 g/mol. The number of hydrogen-bond donors (Lipinski definition) is 0. The summed E-state index contributed by atoms with van der Waals surface area (Å²) in [6, 6.07) is 0. The van der Waals surface area contributed by atoms with Gasteiger partial charge in [0.25, 0.3) is 0 Å². The molecule has 0 aliphatic carbocycles. The molecule has 0 spiro atoms. The lowest BCUT2D eigenvalue weighted by Crippen LogP contribution is -2.37. The van der Waals surface area contributed by atoms with Crippen LogP contribution in [0.2, 0.25) is 0 Å². The quantitative estimate of drug-likeness (QED) is 0.825. The van der Waals surface area contributed by atoms with Crippen molar-refractivity contribution in [3.8, 4) is 5.88 Å². The average Bonchev–Trinajstić information content (AvgIpc) is 2.89. The highest BCUT2D eigenvalue weighted by atomic mass is 32.1. The molecule has 1 amide bonds. The molecule has 6 heteroatoms. The molecule has 0 radical (unpaired) electrons. The first-order chi connectivity index (χ1) is 10.6. The minimum Gasteiger partial charge on any atom is -0.474 e. The molecule has 22 heavy (non-hydrogen) atoms. The molecule has 1 saturated heterocycles. The lowest BCUT2D eigenvalue weighted by molar-refractivity contribution is 0.112. The molecule has 1 aliphatic heterocycles. The van der Waals surface area contributed by atoms with Gasteiger partial charge in [-0.05, 0) is 50.6 Å². The Kier molecular flexibility index (Phi) is 6.06. The van der Waals surface area contributed by atoms with E-state index in [1.807, 2.05) is 13.8 Å². The number of ether oxygens (including phenoxy) is 2. The van der Waals surface area contributed by atoms with E-state index in [1.165, 1.54) is 17.6 Å². The molecule has 2 rings (SSSR count). The van der Waals surface area contributed by atoms with E-state index in [2.05, 4.69) is 11.3 Å². The Bertz CT molecular complexity index is 494. The predicted octanol–water partition coefficient (Wildman–Crippen LogP) is 3.83. The Balaban J connectivity index is 2.09. The molecule has 0 atom stereocenters. The van der Waals surface area contributed by atoms with Crippen molar-refractivity contribution >= 4 is 17.6 Å². The Morgan fingerprint density at radius 1 is 1.41 bits per heavy atom. The van der Waals surface area contributed by atoms with Gasteiger partial charge in [-0.3, -0.25) is 0 Å². The van der Waals surface area contributed by atoms with Gasteiger partial charge in [-0.1, -0.05) is 13.3 Å². The average molecular weight is 326 g/mol. The van der Waals surface area contributed by atoms with E-state index < -0.39 is 0 Å². The fourth-order valence-electron chi connectivity index (χ4n) is 2.88. The van der Waals surface area contributed by atoms with Crippen molar-refractivity contribution in [1.29, 1.82) is 0 Å². The van der Waals surface area contributed by atoms with Gasteiger partial charge in [-0.25, -0.2) is 4.79 Å². The minimum atomic E-state index is -0.222. The molecule has 0 N–H and O–H groups in total. The third-order valence-electron chi connectivity index (χ3n) is 3.93. The molecular formula is C16H26N2O3S. The van der Waals surface area contributed by atoms with Gasteiger partial charge < -0.3 is 14.4 Å². The number of nitrogens with zero attached hydrogens (tertiary/aromatic N) is 2. The number of hydrogen-bond acceptors (Lipinski definition) is 5. The van der Waals surface area contributed by atoms with E-state index in [-0.39, 0.29) is 12.2 Å². The Morgan fingerprint density at radius 2 is 2.09 bits per heavy atom. The standard InChI is InChI=1S/C16H26N2O3S/c1-5-6-13-14(22-17-15(13)21-11(2)3)12-7-9-18(10-8-12)16(19)20-4/h11-12H,5-10H2,1-4H3. The molecule has 1 aliphatic rings. The van der Waals surface area contributed by atoms with Crippen molar-refractivity contribution in [2.24, 2.45) is 0 Å². The van der Waals surface area contributed by atoms with Crippen LogP contribution in [0.4, 0.5) is 4.79 Å². The highest BCUT2D eigenvalue weighted by Crippen LogP contribution is 2.38. The van der Waals surface area contributed by atoms with Crippen LogP contribution in [0.1, 0.15) is 56.4 Å². The van der Waals surface area contributed by atoms with Crippen LogP contribution >= 0.6 is 11.5 Å². The van der Waals surface area contributed by atoms with Gasteiger partial charge in [0.05, 0.1) is 13.2 Å². The van der Waals surface area contributed by atoms with Gasteiger partial charge in [-0.2, -0.15) is 4.37 Å². The summed E-state index contributed by atoms with van der Waals surface area (Å²) in [4.78, 5) is 14.7. The topological polar surface area (TPSA) is 51.7 Å². The number of rotatable bonds is 5. The molecule has 124 valence electrons. The molecule has 5 nitrogen and oxygen atoms in total. The highest BCUT2D eigenvalue weighted by molar-refractivity contribution is 7.06. The summed E-state index contributed by atoms with van der Waals surface area (Å²) in [7, 11) is 1.44. The molecule has 0 bridgehead atoms. The van der Waals surface area contributed by atoms with Crippen molar-refractivity contribution < 1.29 is 14.3 Å². The van der Waals surface area contributed by atoms with Crippen molar-refractivity contribution in [1.82, 2.24) is 9.27 Å². The van der Waals surface area contributed by atoms with Crippen LogP contribution in [0.15, 0.2) is 0 Å². The van der Waals surface area contributed by atoms with Gasteiger partial charge in [0, 0.05) is 23.5 Å². The number of piperidine rings is 1. The van der Waals surface area contributed by atoms with Crippen molar-refractivity contribution in [3.05, 3.63) is 10.4 Å². The third kappa shape index (κ3) is 3.91. The second-order valence-corrected chi connectivity index (χ2v) is 6.78. The maximum absolute atomic E-state index is 11.6. The molecule has 1 fully saturated rings. The van der Waals surface area contributed by atoms with Gasteiger partial charge >= 0.3 is 6.09 Å². The fraction of sp³-hybridized carbons (Fsp3) is 0.750. The summed E-state index contributed by atoms with van der Waals surface area (Å²) >= 11 is 1.57. The Hall–Kier alpha value is -1.30. The van der Waals surface area contributed by atoms with Crippen LogP contribution < -0.4 is 4.74 Å². The smallest absolute Gasteiger partial charge is 0.409 e. The number of likely N-dealkylation sites (tertiary alicyclic amines) is 1. The maximum atomic E-state index is 11.6. The first kappa shape index (κ1) is 17.1. The summed E-state index contributed by atoms with van der Waals surface area (Å²) in [5.41, 5.74) is 1.28. The van der Waals surface area contributed by atoms with E-state index in [9.17, 15) is 4.79 Å². The van der Waals surface area contributed by atoms with E-state index in [0.29, 0.717) is 5.92 Å². The molecule has 1 aromatic heterocycles. The zero-order valence-corrected chi connectivity index (χ0v) is 14.7. The molecule has 0 aromatic carbocycles. The summed E-state index contributed by atoms with van der Waals surface area (Å²) in [5.74, 6) is 1.29. The Labute approximate surface area is 136 Å². The summed E-state index contributed by atoms with van der Waals surface area (Å²) in [6.07, 6.45) is 3.95. The van der Waals surface area contributed by atoms with Gasteiger partial charge in [0.2, 0.25) is 5.88 Å². The summed E-state index contributed by atoms with van der Waals surface area (Å²) in [6.45, 7) is 7.75. The van der Waals surface area contributed by atoms with E-state index in [0.717, 1.165) is 44.7 Å². The van der Waals surface area contributed by atoms with E-state index in [4.69, 9.17) is 9.47 Å². The Morgan fingerprint density at radius 3 is 2.64 bits per heavy atom. The van der Waals surface area contributed by atoms with Gasteiger partial charge in [0.1, 0.15) is 0 Å². The third-order valence-corrected chi connectivity index (χ3v) is 4.96. The van der Waals surface area contributed by atoms with Crippen LogP contribution in [0.3, 0.4) is 0 Å². The number of amides is 1. The van der Waals surface area contributed by atoms with E-state index in [1.54, 1.807) is 16.4 Å². The maximum Gasteiger partial charge on any atom is 0.409 e. The number of carbonyl (C=O) groups excluding carboxylic acids is 1. The first-order valence-electron chi connectivity index (χ1n) is 8.04. The first-order valence-corrected chi connectivity index (χ1v) is 8.82. The lowest BCUT2D eigenvalue weighted by Gasteiger charge is -2.30. The molecule has 0 unspecified atom stereocenters. The largest absolute Gasteiger partial charge is 0.474 e. The summed E-state index contributed by atoms with van der Waals surface area (Å²) < 4.78 is 15.2. The lowest BCUT2D eigenvalue weighted by atomic mass is 9.92. The molecule has 0 saturated carbocycles. The normalized spacial score (nSPS) is 16.1. The fourth-order valence-corrected chi connectivity index (χ4v) is 3.90. The van der Waals surface area contributed by atoms with Gasteiger partial charge in [0.15, 0.2) is 0 Å². The molecule has 2 heterocycles. The SMILES string of the molecule is CCCc1c(OC(C)C)nsc1C1CCN(C(=O)OC)CC1. The van der Waals surface area contributed by atoms with Crippen LogP contribution in [0.5, 0.6) is 5.88 Å². The zero-order chi connectivity index (χ0) is 16.1. The number of aromatic nitrogens is 1.